The van der Waals surface area contributed by atoms with Gasteiger partial charge >= 0.3 is 0 Å². The van der Waals surface area contributed by atoms with Gasteiger partial charge in [0.1, 0.15) is 12.1 Å². The second kappa shape index (κ2) is 12.7. The van der Waals surface area contributed by atoms with E-state index >= 15 is 0 Å². The van der Waals surface area contributed by atoms with E-state index in [-0.39, 0.29) is 23.8 Å². The number of anilines is 1. The predicted molar refractivity (Wildman–Crippen MR) is 145 cm³/mol. The maximum Gasteiger partial charge on any atom is 0.241 e. The third-order valence-corrected chi connectivity index (χ3v) is 7.35. The summed E-state index contributed by atoms with van der Waals surface area (Å²) in [5.74, 6) is -0.539. The molecule has 0 aliphatic rings. The topological polar surface area (TPSA) is 112 Å². The van der Waals surface area contributed by atoms with E-state index in [9.17, 15) is 18.5 Å². The smallest absolute Gasteiger partial charge is 0.241 e. The average molecular weight is 523 g/mol. The Bertz CT molecular complexity index is 1350. The largest absolute Gasteiger partial charge is 0.377 e. The molecule has 37 heavy (non-hydrogen) atoms. The van der Waals surface area contributed by atoms with Crippen molar-refractivity contribution >= 4 is 32.4 Å². The van der Waals surface area contributed by atoms with E-state index in [1.165, 1.54) is 6.07 Å². The third-order valence-electron chi connectivity index (χ3n) is 5.82. The van der Waals surface area contributed by atoms with Gasteiger partial charge in [-0.2, -0.15) is 9.98 Å². The van der Waals surface area contributed by atoms with Crippen LogP contribution in [-0.2, 0) is 26.2 Å². The molecule has 0 heterocycles. The van der Waals surface area contributed by atoms with Crippen LogP contribution in [0.4, 0.5) is 5.69 Å². The molecule has 0 spiro atoms. The lowest BCUT2D eigenvalue weighted by atomic mass is 10.0. The summed E-state index contributed by atoms with van der Waals surface area (Å²) in [6.07, 6.45) is 0.266. The van der Waals surface area contributed by atoms with E-state index in [2.05, 4.69) is 10.0 Å². The fourth-order valence-corrected chi connectivity index (χ4v) is 5.50. The number of ether oxygens (including phenoxy) is 1. The number of hydrogen-bond acceptors (Lipinski definition) is 6. The van der Waals surface area contributed by atoms with Gasteiger partial charge < -0.3 is 15.0 Å². The molecule has 2 N–H and O–H groups in total. The number of sulfonamides is 1. The van der Waals surface area contributed by atoms with Gasteiger partial charge in [0.15, 0.2) is 0 Å². The van der Waals surface area contributed by atoms with Crippen molar-refractivity contribution in [2.24, 2.45) is 5.92 Å². The van der Waals surface area contributed by atoms with Gasteiger partial charge in [0, 0.05) is 30.6 Å². The minimum atomic E-state index is -4.06. The molecule has 0 bridgehead atoms. The number of rotatable bonds is 12. The highest BCUT2D eigenvalue weighted by Crippen LogP contribution is 2.30. The Labute approximate surface area is 219 Å². The van der Waals surface area contributed by atoms with Crippen LogP contribution in [0.15, 0.2) is 71.6 Å². The Kier molecular flexibility index (Phi) is 9.64. The van der Waals surface area contributed by atoms with Crippen LogP contribution in [0.25, 0.3) is 10.8 Å². The number of benzene rings is 3. The first-order valence-corrected chi connectivity index (χ1v) is 13.6. The second-order valence-electron chi connectivity index (χ2n) is 9.52. The summed E-state index contributed by atoms with van der Waals surface area (Å²) in [5, 5.41) is 13.5. The first-order chi connectivity index (χ1) is 17.6. The zero-order chi connectivity index (χ0) is 27.0. The maximum atomic E-state index is 13.5. The number of carbonyl (C=O) groups excluding carboxylic acids is 1. The molecule has 3 aromatic rings. The summed E-state index contributed by atoms with van der Waals surface area (Å²) in [5.41, 5.74) is 1.84. The molecule has 1 amide bonds. The molecule has 3 rings (SSSR count). The quantitative estimate of drug-likeness (QED) is 0.374. The van der Waals surface area contributed by atoms with Crippen LogP contribution >= 0.6 is 0 Å². The lowest BCUT2D eigenvalue weighted by Gasteiger charge is -2.23. The van der Waals surface area contributed by atoms with Crippen LogP contribution in [-0.4, -0.2) is 47.1 Å². The number of hydrogen-bond donors (Lipinski definition) is 2. The predicted octanol–water partition coefficient (Wildman–Crippen LogP) is 3.82. The van der Waals surface area contributed by atoms with Crippen molar-refractivity contribution in [1.82, 2.24) is 10.0 Å². The summed E-state index contributed by atoms with van der Waals surface area (Å²) in [6.45, 7) is 4.09. The molecule has 2 unspecified atom stereocenters. The van der Waals surface area contributed by atoms with Gasteiger partial charge in [0.05, 0.1) is 24.2 Å². The highest BCUT2D eigenvalue weighted by Gasteiger charge is 2.29. The van der Waals surface area contributed by atoms with Crippen molar-refractivity contribution in [3.8, 4) is 6.07 Å². The van der Waals surface area contributed by atoms with Crippen molar-refractivity contribution in [1.29, 1.82) is 5.26 Å². The van der Waals surface area contributed by atoms with Crippen molar-refractivity contribution in [2.45, 2.75) is 43.9 Å². The second-order valence-corrected chi connectivity index (χ2v) is 11.2. The number of nitrogens with one attached hydrogen (secondary N) is 2. The highest BCUT2D eigenvalue weighted by atomic mass is 32.2. The van der Waals surface area contributed by atoms with Crippen LogP contribution in [0.1, 0.15) is 25.8 Å². The summed E-state index contributed by atoms with van der Waals surface area (Å²) in [6, 6.07) is 20.1. The van der Waals surface area contributed by atoms with Crippen LogP contribution < -0.4 is 14.9 Å². The van der Waals surface area contributed by atoms with Crippen molar-refractivity contribution in [3.63, 3.8) is 0 Å². The fourth-order valence-electron chi connectivity index (χ4n) is 4.07. The Balaban J connectivity index is 1.77. The van der Waals surface area contributed by atoms with E-state index in [0.29, 0.717) is 12.0 Å². The van der Waals surface area contributed by atoms with E-state index < -0.39 is 28.0 Å². The Morgan fingerprint density at radius 2 is 1.68 bits per heavy atom. The first kappa shape index (κ1) is 28.1. The number of amides is 1. The SMILES string of the molecule is CC(C)CC(NS(=O)(=O)c1cccc2c(N(C)C)cccc12)C(=O)NC(C#N)COCc1ccccc1. The Morgan fingerprint density at radius 3 is 2.32 bits per heavy atom. The van der Waals surface area contributed by atoms with Crippen LogP contribution in [0, 0.1) is 17.2 Å². The van der Waals surface area contributed by atoms with Gasteiger partial charge in [-0.05, 0) is 30.0 Å². The fraction of sp³-hybridized carbons (Fsp3) is 0.357. The Morgan fingerprint density at radius 1 is 1.00 bits per heavy atom. The first-order valence-electron chi connectivity index (χ1n) is 12.2. The number of nitriles is 1. The van der Waals surface area contributed by atoms with E-state index in [1.807, 2.05) is 87.4 Å². The van der Waals surface area contributed by atoms with Crippen LogP contribution in [0.5, 0.6) is 0 Å². The summed E-state index contributed by atoms with van der Waals surface area (Å²) < 4.78 is 35.2. The van der Waals surface area contributed by atoms with Gasteiger partial charge in [-0.1, -0.05) is 68.4 Å². The molecule has 0 saturated heterocycles. The highest BCUT2D eigenvalue weighted by molar-refractivity contribution is 7.89. The monoisotopic (exact) mass is 522 g/mol. The molecule has 0 aliphatic heterocycles. The molecule has 0 saturated carbocycles. The summed E-state index contributed by atoms with van der Waals surface area (Å²) in [4.78, 5) is 15.2. The molecule has 8 nitrogen and oxygen atoms in total. The molecule has 3 aromatic carbocycles. The van der Waals surface area contributed by atoms with Gasteiger partial charge in [0.2, 0.25) is 15.9 Å². The van der Waals surface area contributed by atoms with E-state index in [4.69, 9.17) is 4.74 Å². The summed E-state index contributed by atoms with van der Waals surface area (Å²) in [7, 11) is -0.268. The molecule has 0 radical (unpaired) electrons. The molecule has 2 atom stereocenters. The Hall–Kier alpha value is -3.45. The minimum Gasteiger partial charge on any atom is -0.377 e. The average Bonchev–Trinajstić information content (AvgIpc) is 2.87. The molecule has 0 fully saturated rings. The zero-order valence-corrected chi connectivity index (χ0v) is 22.5. The zero-order valence-electron chi connectivity index (χ0n) is 21.6. The number of carbonyl (C=O) groups is 1. The van der Waals surface area contributed by atoms with Crippen molar-refractivity contribution in [2.75, 3.05) is 25.6 Å². The molecule has 196 valence electrons. The molecule has 0 aliphatic carbocycles. The normalized spacial score (nSPS) is 13.2. The molecular formula is C28H34N4O4S. The lowest BCUT2D eigenvalue weighted by molar-refractivity contribution is -0.123. The molecular weight excluding hydrogens is 488 g/mol. The van der Waals surface area contributed by atoms with Gasteiger partial charge in [-0.25, -0.2) is 8.42 Å². The molecule has 9 heteroatoms. The maximum absolute atomic E-state index is 13.5. The van der Waals surface area contributed by atoms with Crippen LogP contribution in [0.2, 0.25) is 0 Å². The van der Waals surface area contributed by atoms with E-state index in [1.54, 1.807) is 12.1 Å². The van der Waals surface area contributed by atoms with Gasteiger partial charge in [-0.15, -0.1) is 0 Å². The molecule has 0 aromatic heterocycles. The van der Waals surface area contributed by atoms with Gasteiger partial charge in [-0.3, -0.25) is 4.79 Å². The third kappa shape index (κ3) is 7.52. The van der Waals surface area contributed by atoms with Crippen molar-refractivity contribution < 1.29 is 17.9 Å². The lowest BCUT2D eigenvalue weighted by Crippen LogP contribution is -2.50. The minimum absolute atomic E-state index is 0.0189. The standard InChI is InChI=1S/C28H34N4O4S/c1-20(2)16-25(28(33)30-22(17-29)19-36-18-21-10-6-5-7-11-21)31-37(34,35)27-15-9-12-23-24(27)13-8-14-26(23)32(3)4/h5-15,20,22,25,31H,16,18-19H2,1-4H3,(H,30,33). The van der Waals surface area contributed by atoms with Crippen molar-refractivity contribution in [3.05, 3.63) is 72.3 Å². The van der Waals surface area contributed by atoms with E-state index in [0.717, 1.165) is 16.6 Å². The number of fused-ring (bicyclic) bond motifs is 1. The van der Waals surface area contributed by atoms with Crippen LogP contribution in [0.3, 0.4) is 0 Å². The number of nitrogens with zero attached hydrogens (tertiary/aromatic N) is 2. The van der Waals surface area contributed by atoms with Gasteiger partial charge in [0.25, 0.3) is 0 Å². The summed E-state index contributed by atoms with van der Waals surface area (Å²) >= 11 is 0.